The summed E-state index contributed by atoms with van der Waals surface area (Å²) in [7, 11) is 0. The maximum Gasteiger partial charge on any atom is 0.322 e. The molecule has 1 aromatic rings. The number of benzene rings is 1. The Balaban J connectivity index is 2.52. The van der Waals surface area contributed by atoms with Crippen LogP contribution in [0.4, 0.5) is 0 Å². The third-order valence-corrected chi connectivity index (χ3v) is 1.97. The van der Waals surface area contributed by atoms with E-state index in [0.717, 1.165) is 0 Å². The fourth-order valence-corrected chi connectivity index (χ4v) is 1.19. The van der Waals surface area contributed by atoms with Crippen LogP contribution in [0, 0.1) is 0 Å². The van der Waals surface area contributed by atoms with Gasteiger partial charge in [0, 0.05) is 0 Å². The molecule has 0 atom stereocenters. The molecule has 4 nitrogen and oxygen atoms in total. The van der Waals surface area contributed by atoms with Crippen molar-refractivity contribution in [1.82, 2.24) is 0 Å². The second-order valence-corrected chi connectivity index (χ2v) is 3.29. The van der Waals surface area contributed by atoms with Gasteiger partial charge in [0.25, 0.3) is 0 Å². The van der Waals surface area contributed by atoms with Crippen molar-refractivity contribution in [3.8, 4) is 5.75 Å². The van der Waals surface area contributed by atoms with Crippen molar-refractivity contribution < 1.29 is 19.1 Å². The number of hydrogen-bond acceptors (Lipinski definition) is 4. The molecule has 0 fully saturated rings. The van der Waals surface area contributed by atoms with Crippen molar-refractivity contribution in [2.45, 2.75) is 13.3 Å². The molecule has 0 aromatic heterocycles. The zero-order valence-corrected chi connectivity index (χ0v) is 9.49. The van der Waals surface area contributed by atoms with Crippen LogP contribution in [-0.4, -0.2) is 18.5 Å². The number of rotatable bonds is 4. The summed E-state index contributed by atoms with van der Waals surface area (Å²) in [6.45, 7) is 1.90. The summed E-state index contributed by atoms with van der Waals surface area (Å²) in [5, 5.41) is 0.319. The molecule has 0 aliphatic heterocycles. The third kappa shape index (κ3) is 3.90. The first-order valence-electron chi connectivity index (χ1n) is 4.74. The van der Waals surface area contributed by atoms with Crippen molar-refractivity contribution in [2.24, 2.45) is 0 Å². The molecule has 0 aliphatic rings. The highest BCUT2D eigenvalue weighted by Crippen LogP contribution is 2.23. The molecule has 16 heavy (non-hydrogen) atoms. The Morgan fingerprint density at radius 1 is 1.25 bits per heavy atom. The van der Waals surface area contributed by atoms with Crippen molar-refractivity contribution in [3.63, 3.8) is 0 Å². The molecule has 0 unspecified atom stereocenters. The molecule has 1 rings (SSSR count). The second kappa shape index (κ2) is 6.12. The minimum atomic E-state index is -0.688. The van der Waals surface area contributed by atoms with Crippen molar-refractivity contribution in [2.75, 3.05) is 6.61 Å². The van der Waals surface area contributed by atoms with Crippen LogP contribution in [0.5, 0.6) is 5.75 Å². The number of halogens is 1. The molecule has 0 bridgehead atoms. The average molecular weight is 243 g/mol. The number of hydrogen-bond donors (Lipinski definition) is 0. The summed E-state index contributed by atoms with van der Waals surface area (Å²) in [5.41, 5.74) is 0. The SMILES string of the molecule is CCOC(=O)CC(=O)Oc1ccccc1Cl. The number of ether oxygens (including phenoxy) is 2. The highest BCUT2D eigenvalue weighted by Gasteiger charge is 2.13. The summed E-state index contributed by atoms with van der Waals surface area (Å²) in [5.74, 6) is -1.07. The quantitative estimate of drug-likeness (QED) is 0.461. The van der Waals surface area contributed by atoms with Gasteiger partial charge in [-0.1, -0.05) is 23.7 Å². The van der Waals surface area contributed by atoms with Crippen LogP contribution in [0.15, 0.2) is 24.3 Å². The van der Waals surface area contributed by atoms with Crippen LogP contribution >= 0.6 is 11.6 Å². The van der Waals surface area contributed by atoms with Crippen LogP contribution in [0.1, 0.15) is 13.3 Å². The van der Waals surface area contributed by atoms with Crippen LogP contribution in [0.3, 0.4) is 0 Å². The average Bonchev–Trinajstić information content (AvgIpc) is 2.21. The van der Waals surface area contributed by atoms with Crippen molar-refractivity contribution in [3.05, 3.63) is 29.3 Å². The first-order valence-corrected chi connectivity index (χ1v) is 5.12. The molecule has 86 valence electrons. The number of esters is 2. The Morgan fingerprint density at radius 2 is 1.94 bits per heavy atom. The fourth-order valence-electron chi connectivity index (χ4n) is 1.02. The number of carbonyl (C=O) groups excluding carboxylic acids is 2. The summed E-state index contributed by atoms with van der Waals surface area (Å²) in [4.78, 5) is 22.2. The molecule has 0 aliphatic carbocycles. The van der Waals surface area contributed by atoms with Gasteiger partial charge in [-0.3, -0.25) is 9.59 Å². The summed E-state index contributed by atoms with van der Waals surface area (Å²) in [6.07, 6.45) is -0.418. The van der Waals surface area contributed by atoms with Crippen molar-refractivity contribution >= 4 is 23.5 Å². The largest absolute Gasteiger partial charge is 0.466 e. The van der Waals surface area contributed by atoms with Gasteiger partial charge in [0.1, 0.15) is 12.2 Å². The third-order valence-electron chi connectivity index (χ3n) is 1.65. The van der Waals surface area contributed by atoms with E-state index >= 15 is 0 Å². The lowest BCUT2D eigenvalue weighted by atomic mass is 10.3. The van der Waals surface area contributed by atoms with E-state index in [-0.39, 0.29) is 12.4 Å². The summed E-state index contributed by atoms with van der Waals surface area (Å²) >= 11 is 5.77. The minimum absolute atomic E-state index is 0.234. The van der Waals surface area contributed by atoms with Crippen molar-refractivity contribution in [1.29, 1.82) is 0 Å². The standard InChI is InChI=1S/C11H11ClO4/c1-2-15-10(13)7-11(14)16-9-6-4-3-5-8(9)12/h3-6H,2,7H2,1H3. The smallest absolute Gasteiger partial charge is 0.322 e. The lowest BCUT2D eigenvalue weighted by molar-refractivity contribution is -0.149. The molecule has 0 spiro atoms. The zero-order chi connectivity index (χ0) is 12.0. The zero-order valence-electron chi connectivity index (χ0n) is 8.73. The minimum Gasteiger partial charge on any atom is -0.466 e. The lowest BCUT2D eigenvalue weighted by Gasteiger charge is -2.05. The Hall–Kier alpha value is -1.55. The van der Waals surface area contributed by atoms with Crippen LogP contribution in [0.25, 0.3) is 0 Å². The Labute approximate surface area is 98.1 Å². The van der Waals surface area contributed by atoms with E-state index < -0.39 is 18.4 Å². The van der Waals surface area contributed by atoms with Crippen LogP contribution in [0.2, 0.25) is 5.02 Å². The van der Waals surface area contributed by atoms with E-state index in [9.17, 15) is 9.59 Å². The first kappa shape index (κ1) is 12.5. The highest BCUT2D eigenvalue weighted by molar-refractivity contribution is 6.32. The number of para-hydroxylation sites is 1. The lowest BCUT2D eigenvalue weighted by Crippen LogP contribution is -2.16. The van der Waals surface area contributed by atoms with Crippen LogP contribution < -0.4 is 4.74 Å². The molecule has 0 saturated heterocycles. The fraction of sp³-hybridized carbons (Fsp3) is 0.273. The van der Waals surface area contributed by atoms with Gasteiger partial charge in [-0.15, -0.1) is 0 Å². The van der Waals surface area contributed by atoms with Gasteiger partial charge in [-0.05, 0) is 19.1 Å². The number of carbonyl (C=O) groups is 2. The molecule has 1 aromatic carbocycles. The summed E-state index contributed by atoms with van der Waals surface area (Å²) < 4.78 is 9.50. The maximum atomic E-state index is 11.3. The maximum absolute atomic E-state index is 11.3. The summed E-state index contributed by atoms with van der Waals surface area (Å²) in [6, 6.07) is 6.53. The predicted octanol–water partition coefficient (Wildman–Crippen LogP) is 2.20. The van der Waals surface area contributed by atoms with E-state index in [0.29, 0.717) is 5.02 Å². The van der Waals surface area contributed by atoms with E-state index in [4.69, 9.17) is 16.3 Å². The van der Waals surface area contributed by atoms with Gasteiger partial charge in [-0.2, -0.15) is 0 Å². The van der Waals surface area contributed by atoms with Gasteiger partial charge in [0.15, 0.2) is 0 Å². The van der Waals surface area contributed by atoms with Gasteiger partial charge in [0.05, 0.1) is 11.6 Å². The van der Waals surface area contributed by atoms with E-state index in [1.54, 1.807) is 31.2 Å². The molecule has 5 heteroatoms. The predicted molar refractivity (Wildman–Crippen MR) is 58.3 cm³/mol. The van der Waals surface area contributed by atoms with E-state index in [2.05, 4.69) is 4.74 Å². The van der Waals surface area contributed by atoms with E-state index in [1.165, 1.54) is 0 Å². The van der Waals surface area contributed by atoms with Gasteiger partial charge >= 0.3 is 11.9 Å². The van der Waals surface area contributed by atoms with Crippen LogP contribution in [-0.2, 0) is 14.3 Å². The Bertz CT molecular complexity index is 389. The molecule has 0 radical (unpaired) electrons. The highest BCUT2D eigenvalue weighted by atomic mass is 35.5. The molecule has 0 amide bonds. The topological polar surface area (TPSA) is 52.6 Å². The monoisotopic (exact) mass is 242 g/mol. The molecular weight excluding hydrogens is 232 g/mol. The van der Waals surface area contributed by atoms with Gasteiger partial charge < -0.3 is 9.47 Å². The molecule has 0 saturated carbocycles. The molecule has 0 N–H and O–H groups in total. The first-order chi connectivity index (χ1) is 7.63. The van der Waals surface area contributed by atoms with Gasteiger partial charge in [-0.25, -0.2) is 0 Å². The second-order valence-electron chi connectivity index (χ2n) is 2.89. The molecular formula is C11H11ClO4. The Kier molecular flexibility index (Phi) is 4.79. The van der Waals surface area contributed by atoms with Gasteiger partial charge in [0.2, 0.25) is 0 Å². The van der Waals surface area contributed by atoms with E-state index in [1.807, 2.05) is 0 Å². The Morgan fingerprint density at radius 3 is 2.56 bits per heavy atom. The molecule has 0 heterocycles. The normalized spacial score (nSPS) is 9.62.